The molecule has 0 spiro atoms. The zero-order valence-electron chi connectivity index (χ0n) is 17.5. The third-order valence-electron chi connectivity index (χ3n) is 5.61. The SMILES string of the molecule is COc1ccccc1C1(C(=O)Nc2ccc(Nc3cc(-n4cccn4)ncn3)cc2)CC1. The average molecular weight is 426 g/mol. The summed E-state index contributed by atoms with van der Waals surface area (Å²) in [6.45, 7) is 0. The van der Waals surface area contributed by atoms with Crippen molar-refractivity contribution in [1.82, 2.24) is 19.7 Å². The Morgan fingerprint density at radius 3 is 2.53 bits per heavy atom. The van der Waals surface area contributed by atoms with E-state index in [2.05, 4.69) is 25.7 Å². The van der Waals surface area contributed by atoms with Crippen molar-refractivity contribution in [3.05, 3.63) is 84.9 Å². The molecule has 1 fully saturated rings. The zero-order chi connectivity index (χ0) is 22.0. The highest BCUT2D eigenvalue weighted by Crippen LogP contribution is 2.52. The minimum Gasteiger partial charge on any atom is -0.496 e. The van der Waals surface area contributed by atoms with E-state index in [-0.39, 0.29) is 5.91 Å². The Bertz CT molecular complexity index is 1230. The van der Waals surface area contributed by atoms with Crippen molar-refractivity contribution >= 4 is 23.1 Å². The van der Waals surface area contributed by atoms with Crippen LogP contribution in [0.5, 0.6) is 5.75 Å². The summed E-state index contributed by atoms with van der Waals surface area (Å²) in [6.07, 6.45) is 6.63. The Morgan fingerprint density at radius 2 is 1.81 bits per heavy atom. The molecule has 5 rings (SSSR count). The monoisotopic (exact) mass is 426 g/mol. The first kappa shape index (κ1) is 19.7. The van der Waals surface area contributed by atoms with Gasteiger partial charge in [0, 0.05) is 35.4 Å². The molecule has 8 nitrogen and oxygen atoms in total. The number of amides is 1. The molecule has 32 heavy (non-hydrogen) atoms. The molecule has 2 aromatic carbocycles. The molecule has 8 heteroatoms. The highest BCUT2D eigenvalue weighted by atomic mass is 16.5. The zero-order valence-corrected chi connectivity index (χ0v) is 17.5. The van der Waals surface area contributed by atoms with Gasteiger partial charge in [-0.3, -0.25) is 4.79 Å². The summed E-state index contributed by atoms with van der Waals surface area (Å²) in [4.78, 5) is 21.6. The maximum atomic E-state index is 13.1. The molecule has 0 atom stereocenters. The third kappa shape index (κ3) is 3.78. The lowest BCUT2D eigenvalue weighted by molar-refractivity contribution is -0.118. The Morgan fingerprint density at radius 1 is 1.03 bits per heavy atom. The van der Waals surface area contributed by atoms with Crippen molar-refractivity contribution in [2.45, 2.75) is 18.3 Å². The normalized spacial score (nSPS) is 13.9. The predicted octanol–water partition coefficient (Wildman–Crippen LogP) is 4.08. The number of aromatic nitrogens is 4. The molecule has 2 aromatic heterocycles. The first-order valence-corrected chi connectivity index (χ1v) is 10.3. The van der Waals surface area contributed by atoms with Crippen LogP contribution in [0.2, 0.25) is 0 Å². The first-order chi connectivity index (χ1) is 15.7. The van der Waals surface area contributed by atoms with Crippen LogP contribution in [0.1, 0.15) is 18.4 Å². The van der Waals surface area contributed by atoms with Crippen LogP contribution in [0.25, 0.3) is 5.82 Å². The molecular weight excluding hydrogens is 404 g/mol. The second-order valence-corrected chi connectivity index (χ2v) is 7.65. The number of nitrogens with one attached hydrogen (secondary N) is 2. The Kier molecular flexibility index (Phi) is 5.03. The number of benzene rings is 2. The van der Waals surface area contributed by atoms with Crippen LogP contribution in [0, 0.1) is 0 Å². The first-order valence-electron chi connectivity index (χ1n) is 10.3. The summed E-state index contributed by atoms with van der Waals surface area (Å²) >= 11 is 0. The van der Waals surface area contributed by atoms with Gasteiger partial charge in [0.15, 0.2) is 5.82 Å². The maximum absolute atomic E-state index is 13.1. The summed E-state index contributed by atoms with van der Waals surface area (Å²) in [6, 6.07) is 18.9. The van der Waals surface area contributed by atoms with E-state index in [0.717, 1.165) is 35.5 Å². The molecule has 0 aliphatic heterocycles. The Balaban J connectivity index is 1.28. The van der Waals surface area contributed by atoms with Crippen molar-refractivity contribution in [3.63, 3.8) is 0 Å². The number of methoxy groups -OCH3 is 1. The van der Waals surface area contributed by atoms with Gasteiger partial charge in [0.1, 0.15) is 17.9 Å². The van der Waals surface area contributed by atoms with Gasteiger partial charge >= 0.3 is 0 Å². The van der Waals surface area contributed by atoms with Crippen LogP contribution < -0.4 is 15.4 Å². The summed E-state index contributed by atoms with van der Waals surface area (Å²) in [5, 5.41) is 10.5. The molecule has 1 aliphatic carbocycles. The van der Waals surface area contributed by atoms with Crippen LogP contribution in [0.4, 0.5) is 17.2 Å². The lowest BCUT2D eigenvalue weighted by atomic mass is 9.94. The Labute approximate surface area is 185 Å². The van der Waals surface area contributed by atoms with Gasteiger partial charge in [-0.15, -0.1) is 0 Å². The van der Waals surface area contributed by atoms with Crippen LogP contribution >= 0.6 is 0 Å². The summed E-state index contributed by atoms with van der Waals surface area (Å²) in [7, 11) is 1.63. The topological polar surface area (TPSA) is 94.0 Å². The van der Waals surface area contributed by atoms with Gasteiger partial charge in [-0.25, -0.2) is 14.6 Å². The fraction of sp³-hybridized carbons (Fsp3) is 0.167. The number of nitrogens with zero attached hydrogens (tertiary/aromatic N) is 4. The van der Waals surface area contributed by atoms with E-state index in [9.17, 15) is 4.79 Å². The number of ether oxygens (including phenoxy) is 1. The number of carbonyl (C=O) groups is 1. The van der Waals surface area contributed by atoms with E-state index in [1.165, 1.54) is 6.33 Å². The quantitative estimate of drug-likeness (QED) is 0.462. The average Bonchev–Trinajstić information content (AvgIpc) is 3.46. The van der Waals surface area contributed by atoms with E-state index in [4.69, 9.17) is 4.74 Å². The number of rotatable bonds is 7. The summed E-state index contributed by atoms with van der Waals surface area (Å²) in [5.41, 5.74) is 2.00. The fourth-order valence-corrected chi connectivity index (χ4v) is 3.76. The number of para-hydroxylation sites is 1. The van der Waals surface area contributed by atoms with Crippen molar-refractivity contribution in [1.29, 1.82) is 0 Å². The molecule has 0 saturated heterocycles. The number of hydrogen-bond acceptors (Lipinski definition) is 6. The maximum Gasteiger partial charge on any atom is 0.235 e. The van der Waals surface area contributed by atoms with Gasteiger partial charge in [0.05, 0.1) is 12.5 Å². The van der Waals surface area contributed by atoms with Gasteiger partial charge < -0.3 is 15.4 Å². The third-order valence-corrected chi connectivity index (χ3v) is 5.61. The highest BCUT2D eigenvalue weighted by molar-refractivity contribution is 6.02. The van der Waals surface area contributed by atoms with Crippen molar-refractivity contribution < 1.29 is 9.53 Å². The van der Waals surface area contributed by atoms with Crippen LogP contribution in [-0.2, 0) is 10.2 Å². The minimum absolute atomic E-state index is 0.0117. The van der Waals surface area contributed by atoms with Crippen LogP contribution in [0.15, 0.2) is 79.4 Å². The van der Waals surface area contributed by atoms with Gasteiger partial charge in [-0.05, 0) is 49.2 Å². The fourth-order valence-electron chi connectivity index (χ4n) is 3.76. The molecule has 0 bridgehead atoms. The standard InChI is InChI=1S/C24H22N6O2/c1-32-20-6-3-2-5-19(20)24(11-12-24)23(31)29-18-9-7-17(8-10-18)28-21-15-22(26-16-25-21)30-14-4-13-27-30/h2-10,13-16H,11-12H2,1H3,(H,29,31)(H,25,26,28). The lowest BCUT2D eigenvalue weighted by Gasteiger charge is -2.18. The molecule has 2 heterocycles. The van der Waals surface area contributed by atoms with Crippen molar-refractivity contribution in [2.24, 2.45) is 0 Å². The van der Waals surface area contributed by atoms with E-state index in [1.807, 2.05) is 66.9 Å². The van der Waals surface area contributed by atoms with E-state index < -0.39 is 5.41 Å². The van der Waals surface area contributed by atoms with Gasteiger partial charge in [-0.1, -0.05) is 18.2 Å². The second-order valence-electron chi connectivity index (χ2n) is 7.65. The summed E-state index contributed by atoms with van der Waals surface area (Å²) < 4.78 is 7.14. The summed E-state index contributed by atoms with van der Waals surface area (Å²) in [5.74, 6) is 2.05. The number of carbonyl (C=O) groups excluding carboxylic acids is 1. The molecule has 0 unspecified atom stereocenters. The van der Waals surface area contributed by atoms with Crippen LogP contribution in [-0.4, -0.2) is 32.8 Å². The van der Waals surface area contributed by atoms with Crippen molar-refractivity contribution in [3.8, 4) is 11.6 Å². The molecule has 160 valence electrons. The van der Waals surface area contributed by atoms with E-state index >= 15 is 0 Å². The molecule has 2 N–H and O–H groups in total. The van der Waals surface area contributed by atoms with Gasteiger partial charge in [0.2, 0.25) is 5.91 Å². The second kappa shape index (κ2) is 8.14. The predicted molar refractivity (Wildman–Crippen MR) is 121 cm³/mol. The smallest absolute Gasteiger partial charge is 0.235 e. The molecule has 4 aromatic rings. The minimum atomic E-state index is -0.520. The molecule has 1 amide bonds. The largest absolute Gasteiger partial charge is 0.496 e. The number of anilines is 3. The molecule has 1 aliphatic rings. The number of hydrogen-bond donors (Lipinski definition) is 2. The van der Waals surface area contributed by atoms with E-state index in [0.29, 0.717) is 11.6 Å². The van der Waals surface area contributed by atoms with Crippen molar-refractivity contribution in [2.75, 3.05) is 17.7 Å². The molecule has 0 radical (unpaired) electrons. The van der Waals surface area contributed by atoms with E-state index in [1.54, 1.807) is 18.0 Å². The lowest BCUT2D eigenvalue weighted by Crippen LogP contribution is -2.28. The molecular formula is C24H22N6O2. The Hall–Kier alpha value is -4.20. The van der Waals surface area contributed by atoms with Gasteiger partial charge in [-0.2, -0.15) is 5.10 Å². The van der Waals surface area contributed by atoms with Crippen LogP contribution in [0.3, 0.4) is 0 Å². The van der Waals surface area contributed by atoms with Gasteiger partial charge in [0.25, 0.3) is 0 Å². The highest BCUT2D eigenvalue weighted by Gasteiger charge is 2.52. The molecule has 1 saturated carbocycles.